The van der Waals surface area contributed by atoms with Crippen LogP contribution in [0.15, 0.2) is 36.4 Å². The van der Waals surface area contributed by atoms with E-state index >= 15 is 0 Å². The average molecular weight is 341 g/mol. The highest BCUT2D eigenvalue weighted by atomic mass is 16.6. The number of hydrogen-bond acceptors (Lipinski definition) is 4. The Labute approximate surface area is 149 Å². The number of rotatable bonds is 2. The third-order valence-electron chi connectivity index (χ3n) is 4.44. The van der Waals surface area contributed by atoms with Gasteiger partial charge in [0.25, 0.3) is 0 Å². The number of fused-ring (bicyclic) bond motifs is 1. The number of aromatic nitrogens is 1. The molecule has 0 unspecified atom stereocenters. The predicted octanol–water partition coefficient (Wildman–Crippen LogP) is 3.68. The number of hydrogen-bond donors (Lipinski definition) is 0. The minimum absolute atomic E-state index is 0.220. The van der Waals surface area contributed by atoms with Crippen LogP contribution in [0.25, 0.3) is 10.9 Å². The van der Waals surface area contributed by atoms with Crippen LogP contribution in [0.3, 0.4) is 0 Å². The summed E-state index contributed by atoms with van der Waals surface area (Å²) in [6.07, 6.45) is -0.220. The van der Waals surface area contributed by atoms with Crippen LogP contribution in [0.2, 0.25) is 0 Å². The van der Waals surface area contributed by atoms with Crippen molar-refractivity contribution in [3.63, 3.8) is 0 Å². The van der Waals surface area contributed by atoms with Gasteiger partial charge in [-0.25, -0.2) is 4.79 Å². The minimum Gasteiger partial charge on any atom is -0.444 e. The monoisotopic (exact) mass is 341 g/mol. The van der Waals surface area contributed by atoms with Gasteiger partial charge in [-0.05, 0) is 39.8 Å². The molecule has 2 aromatic rings. The van der Waals surface area contributed by atoms with Gasteiger partial charge in [0.05, 0.1) is 11.2 Å². The first-order valence-electron chi connectivity index (χ1n) is 8.88. The Morgan fingerprint density at radius 3 is 2.68 bits per heavy atom. The molecule has 1 amide bonds. The van der Waals surface area contributed by atoms with Gasteiger partial charge in [0, 0.05) is 37.6 Å². The number of nitrogens with zero attached hydrogens (tertiary/aromatic N) is 3. The van der Waals surface area contributed by atoms with Crippen LogP contribution >= 0.6 is 0 Å². The minimum atomic E-state index is -0.452. The SMILES string of the molecule is C[C@H]1CN(C(=O)OC(C)(C)C)CCN1Cc1ccc2ccccc2n1. The van der Waals surface area contributed by atoms with Crippen molar-refractivity contribution in [2.45, 2.75) is 45.9 Å². The molecule has 1 aromatic heterocycles. The van der Waals surface area contributed by atoms with E-state index in [1.807, 2.05) is 39.0 Å². The quantitative estimate of drug-likeness (QED) is 0.836. The van der Waals surface area contributed by atoms with Crippen molar-refractivity contribution in [1.82, 2.24) is 14.8 Å². The number of amides is 1. The lowest BCUT2D eigenvalue weighted by molar-refractivity contribution is 0.00446. The molecule has 3 rings (SSSR count). The number of piperazine rings is 1. The fraction of sp³-hybridized carbons (Fsp3) is 0.500. The predicted molar refractivity (Wildman–Crippen MR) is 99.4 cm³/mol. The highest BCUT2D eigenvalue weighted by Crippen LogP contribution is 2.18. The summed E-state index contributed by atoms with van der Waals surface area (Å²) in [7, 11) is 0. The number of benzene rings is 1. The maximum Gasteiger partial charge on any atom is 0.410 e. The van der Waals surface area contributed by atoms with E-state index in [1.54, 1.807) is 4.90 Å². The molecule has 5 nitrogen and oxygen atoms in total. The molecule has 1 fully saturated rings. The molecule has 25 heavy (non-hydrogen) atoms. The van der Waals surface area contributed by atoms with Gasteiger partial charge >= 0.3 is 6.09 Å². The first kappa shape index (κ1) is 17.7. The van der Waals surface area contributed by atoms with E-state index in [0.29, 0.717) is 13.1 Å². The number of carbonyl (C=O) groups is 1. The number of carbonyl (C=O) groups excluding carboxylic acids is 1. The number of pyridine rings is 1. The summed E-state index contributed by atoms with van der Waals surface area (Å²) in [6.45, 7) is 10.8. The zero-order chi connectivity index (χ0) is 18.0. The molecule has 1 atom stereocenters. The summed E-state index contributed by atoms with van der Waals surface area (Å²) >= 11 is 0. The largest absolute Gasteiger partial charge is 0.444 e. The first-order valence-corrected chi connectivity index (χ1v) is 8.88. The van der Waals surface area contributed by atoms with E-state index in [9.17, 15) is 4.79 Å². The summed E-state index contributed by atoms with van der Waals surface area (Å²) in [5.41, 5.74) is 1.64. The maximum atomic E-state index is 12.2. The van der Waals surface area contributed by atoms with Gasteiger partial charge in [0.1, 0.15) is 5.60 Å². The molecule has 5 heteroatoms. The fourth-order valence-electron chi connectivity index (χ4n) is 3.13. The molecular weight excluding hydrogens is 314 g/mol. The standard InChI is InChI=1S/C20H27N3O2/c1-15-13-23(19(24)25-20(2,3)4)12-11-22(15)14-17-10-9-16-7-5-6-8-18(16)21-17/h5-10,15H,11-14H2,1-4H3/t15-/m0/s1. The van der Waals surface area contributed by atoms with Crippen molar-refractivity contribution in [2.24, 2.45) is 0 Å². The normalized spacial score (nSPS) is 19.2. The molecule has 0 bridgehead atoms. The molecule has 1 aliphatic rings. The lowest BCUT2D eigenvalue weighted by Crippen LogP contribution is -2.54. The van der Waals surface area contributed by atoms with Crippen molar-refractivity contribution >= 4 is 17.0 Å². The van der Waals surface area contributed by atoms with Crippen molar-refractivity contribution in [3.8, 4) is 0 Å². The van der Waals surface area contributed by atoms with Crippen LogP contribution < -0.4 is 0 Å². The summed E-state index contributed by atoms with van der Waals surface area (Å²) in [5.74, 6) is 0. The van der Waals surface area contributed by atoms with Crippen molar-refractivity contribution < 1.29 is 9.53 Å². The molecular formula is C20H27N3O2. The summed E-state index contributed by atoms with van der Waals surface area (Å²) in [4.78, 5) is 21.2. The molecule has 0 spiro atoms. The molecule has 0 radical (unpaired) electrons. The van der Waals surface area contributed by atoms with Crippen LogP contribution in [0.5, 0.6) is 0 Å². The van der Waals surface area contributed by atoms with Gasteiger partial charge < -0.3 is 9.64 Å². The van der Waals surface area contributed by atoms with Crippen molar-refractivity contribution in [2.75, 3.05) is 19.6 Å². The molecule has 0 N–H and O–H groups in total. The highest BCUT2D eigenvalue weighted by Gasteiger charge is 2.29. The highest BCUT2D eigenvalue weighted by molar-refractivity contribution is 5.78. The van der Waals surface area contributed by atoms with E-state index in [2.05, 4.69) is 30.0 Å². The fourth-order valence-corrected chi connectivity index (χ4v) is 3.13. The zero-order valence-corrected chi connectivity index (χ0v) is 15.5. The third-order valence-corrected chi connectivity index (χ3v) is 4.44. The Morgan fingerprint density at radius 2 is 1.96 bits per heavy atom. The van der Waals surface area contributed by atoms with Gasteiger partial charge in [-0.15, -0.1) is 0 Å². The van der Waals surface area contributed by atoms with E-state index in [4.69, 9.17) is 9.72 Å². The third kappa shape index (κ3) is 4.48. The zero-order valence-electron chi connectivity index (χ0n) is 15.5. The van der Waals surface area contributed by atoms with E-state index in [1.165, 1.54) is 0 Å². The lowest BCUT2D eigenvalue weighted by atomic mass is 10.1. The topological polar surface area (TPSA) is 45.7 Å². The second-order valence-corrected chi connectivity index (χ2v) is 7.74. The Morgan fingerprint density at radius 1 is 1.20 bits per heavy atom. The van der Waals surface area contributed by atoms with Crippen LogP contribution in [0.4, 0.5) is 4.79 Å². The second kappa shape index (κ2) is 7.00. The Balaban J connectivity index is 1.62. The Kier molecular flexibility index (Phi) is 4.95. The Hall–Kier alpha value is -2.14. The van der Waals surface area contributed by atoms with Gasteiger partial charge in [0.15, 0.2) is 0 Å². The smallest absolute Gasteiger partial charge is 0.410 e. The van der Waals surface area contributed by atoms with Crippen LogP contribution in [-0.2, 0) is 11.3 Å². The van der Waals surface area contributed by atoms with Crippen molar-refractivity contribution in [3.05, 3.63) is 42.1 Å². The van der Waals surface area contributed by atoms with Gasteiger partial charge in [0.2, 0.25) is 0 Å². The summed E-state index contributed by atoms with van der Waals surface area (Å²) in [5, 5.41) is 1.16. The molecule has 1 aromatic carbocycles. The van der Waals surface area contributed by atoms with E-state index < -0.39 is 5.60 Å². The van der Waals surface area contributed by atoms with Crippen LogP contribution in [0.1, 0.15) is 33.4 Å². The van der Waals surface area contributed by atoms with E-state index in [-0.39, 0.29) is 12.1 Å². The molecule has 134 valence electrons. The maximum absolute atomic E-state index is 12.2. The Bertz CT molecular complexity index is 754. The average Bonchev–Trinajstić information content (AvgIpc) is 2.55. The van der Waals surface area contributed by atoms with Gasteiger partial charge in [-0.1, -0.05) is 24.3 Å². The number of ether oxygens (including phenoxy) is 1. The summed E-state index contributed by atoms with van der Waals surface area (Å²) < 4.78 is 5.48. The van der Waals surface area contributed by atoms with Crippen molar-refractivity contribution in [1.29, 1.82) is 0 Å². The van der Waals surface area contributed by atoms with E-state index in [0.717, 1.165) is 29.7 Å². The molecule has 0 aliphatic carbocycles. The van der Waals surface area contributed by atoms with Gasteiger partial charge in [-0.2, -0.15) is 0 Å². The van der Waals surface area contributed by atoms with Crippen LogP contribution in [0, 0.1) is 0 Å². The molecule has 1 aliphatic heterocycles. The molecule has 1 saturated heterocycles. The molecule has 2 heterocycles. The van der Waals surface area contributed by atoms with Gasteiger partial charge in [-0.3, -0.25) is 9.88 Å². The summed E-state index contributed by atoms with van der Waals surface area (Å²) in [6, 6.07) is 12.7. The molecule has 0 saturated carbocycles. The second-order valence-electron chi connectivity index (χ2n) is 7.74. The first-order chi connectivity index (χ1) is 11.8. The van der Waals surface area contributed by atoms with Crippen LogP contribution in [-0.4, -0.2) is 52.2 Å². The lowest BCUT2D eigenvalue weighted by Gasteiger charge is -2.40. The number of para-hydroxylation sites is 1.